The Morgan fingerprint density at radius 2 is 1.67 bits per heavy atom. The van der Waals surface area contributed by atoms with E-state index in [0.717, 1.165) is 15.4 Å². The van der Waals surface area contributed by atoms with Gasteiger partial charge in [0.05, 0.1) is 22.8 Å². The van der Waals surface area contributed by atoms with Crippen molar-refractivity contribution in [2.24, 2.45) is 0 Å². The van der Waals surface area contributed by atoms with E-state index < -0.39 is 28.4 Å². The van der Waals surface area contributed by atoms with E-state index in [1.165, 1.54) is 18.2 Å². The Hall–Kier alpha value is -3.65. The molecule has 0 unspecified atom stereocenters. The monoisotopic (exact) mass is 466 g/mol. The number of hydrogen-bond acceptors (Lipinski definition) is 5. The quantitative estimate of drug-likeness (QED) is 0.499. The topological polar surface area (TPSA) is 92.8 Å². The first kappa shape index (κ1) is 24.0. The molecule has 0 aliphatic carbocycles. The Kier molecular flexibility index (Phi) is 7.50. The van der Waals surface area contributed by atoms with Gasteiger partial charge in [0, 0.05) is 5.69 Å². The number of anilines is 2. The van der Waals surface area contributed by atoms with E-state index in [1.807, 2.05) is 19.1 Å². The second kappa shape index (κ2) is 10.3. The van der Waals surface area contributed by atoms with Crippen LogP contribution in [0.5, 0.6) is 0 Å². The summed E-state index contributed by atoms with van der Waals surface area (Å²) in [5.41, 5.74) is 2.67. The van der Waals surface area contributed by atoms with Crippen LogP contribution in [-0.4, -0.2) is 33.4 Å². The molecule has 0 aliphatic rings. The van der Waals surface area contributed by atoms with Gasteiger partial charge in [0.25, 0.3) is 10.0 Å². The molecule has 0 atom stereocenters. The molecule has 0 heterocycles. The highest BCUT2D eigenvalue weighted by Gasteiger charge is 2.28. The van der Waals surface area contributed by atoms with Crippen LogP contribution in [0, 0.1) is 13.8 Å². The summed E-state index contributed by atoms with van der Waals surface area (Å²) >= 11 is 0. The Labute approximate surface area is 194 Å². The lowest BCUT2D eigenvalue weighted by atomic mass is 10.1. The molecule has 1 N–H and O–H groups in total. The summed E-state index contributed by atoms with van der Waals surface area (Å²) in [7, 11) is -4.01. The molecule has 1 amide bonds. The number of carbonyl (C=O) groups excluding carboxylic acids is 2. The third-order valence-electron chi connectivity index (χ3n) is 4.91. The summed E-state index contributed by atoms with van der Waals surface area (Å²) in [6.07, 6.45) is 0. The van der Waals surface area contributed by atoms with E-state index in [2.05, 4.69) is 5.32 Å². The minimum absolute atomic E-state index is 0.0861. The van der Waals surface area contributed by atoms with Gasteiger partial charge in [-0.05, 0) is 68.3 Å². The van der Waals surface area contributed by atoms with Gasteiger partial charge in [-0.1, -0.05) is 36.4 Å². The maximum Gasteiger partial charge on any atom is 0.338 e. The minimum Gasteiger partial charge on any atom is -0.462 e. The zero-order valence-corrected chi connectivity index (χ0v) is 19.6. The Morgan fingerprint density at radius 1 is 0.939 bits per heavy atom. The zero-order chi connectivity index (χ0) is 24.0. The van der Waals surface area contributed by atoms with Gasteiger partial charge >= 0.3 is 5.97 Å². The lowest BCUT2D eigenvalue weighted by Crippen LogP contribution is -2.38. The van der Waals surface area contributed by atoms with E-state index in [-0.39, 0.29) is 17.1 Å². The molecular weight excluding hydrogens is 440 g/mol. The number of benzene rings is 3. The third kappa shape index (κ3) is 5.78. The molecular formula is C25H26N2O5S. The summed E-state index contributed by atoms with van der Waals surface area (Å²) in [5, 5.41) is 2.68. The molecule has 0 bridgehead atoms. The van der Waals surface area contributed by atoms with Crippen LogP contribution < -0.4 is 9.62 Å². The fraction of sp³-hybridized carbons (Fsp3) is 0.200. The number of rotatable bonds is 8. The fourth-order valence-electron chi connectivity index (χ4n) is 3.28. The smallest absolute Gasteiger partial charge is 0.338 e. The molecule has 0 fully saturated rings. The first-order valence-corrected chi connectivity index (χ1v) is 11.9. The lowest BCUT2D eigenvalue weighted by Gasteiger charge is -2.26. The highest BCUT2D eigenvalue weighted by molar-refractivity contribution is 7.92. The predicted molar refractivity (Wildman–Crippen MR) is 128 cm³/mol. The fourth-order valence-corrected chi connectivity index (χ4v) is 4.78. The summed E-state index contributed by atoms with van der Waals surface area (Å²) in [5.74, 6) is -1.05. The standard InChI is InChI=1S/C25H26N2O5S/c1-4-32-25(29)20-9-8-10-21(16-20)26-24(28)17-27(23-15-18(2)13-14-19(23)3)33(30,31)22-11-6-5-7-12-22/h5-16H,4,17H2,1-3H3,(H,26,28). The van der Waals surface area contributed by atoms with Crippen molar-refractivity contribution in [2.45, 2.75) is 25.7 Å². The highest BCUT2D eigenvalue weighted by atomic mass is 32.2. The van der Waals surface area contributed by atoms with Crippen molar-refractivity contribution in [3.63, 3.8) is 0 Å². The lowest BCUT2D eigenvalue weighted by molar-refractivity contribution is -0.114. The Balaban J connectivity index is 1.93. The van der Waals surface area contributed by atoms with Crippen LogP contribution in [-0.2, 0) is 19.6 Å². The van der Waals surface area contributed by atoms with Crippen LogP contribution in [0.3, 0.4) is 0 Å². The summed E-state index contributed by atoms with van der Waals surface area (Å²) < 4.78 is 33.1. The number of ether oxygens (including phenoxy) is 1. The van der Waals surface area contributed by atoms with Crippen LogP contribution in [0.1, 0.15) is 28.4 Å². The molecule has 0 aromatic heterocycles. The maximum absolute atomic E-state index is 13.5. The van der Waals surface area contributed by atoms with Gasteiger partial charge in [-0.25, -0.2) is 13.2 Å². The number of nitrogens with zero attached hydrogens (tertiary/aromatic N) is 1. The van der Waals surface area contributed by atoms with Crippen molar-refractivity contribution < 1.29 is 22.7 Å². The van der Waals surface area contributed by atoms with Crippen molar-refractivity contribution in [1.29, 1.82) is 0 Å². The van der Waals surface area contributed by atoms with Crippen molar-refractivity contribution in [2.75, 3.05) is 22.8 Å². The molecule has 7 nitrogen and oxygen atoms in total. The Morgan fingerprint density at radius 3 is 2.36 bits per heavy atom. The number of nitrogens with one attached hydrogen (secondary N) is 1. The van der Waals surface area contributed by atoms with Crippen LogP contribution >= 0.6 is 0 Å². The average molecular weight is 467 g/mol. The van der Waals surface area contributed by atoms with Crippen molar-refractivity contribution in [3.8, 4) is 0 Å². The molecule has 0 spiro atoms. The Bertz CT molecular complexity index is 1260. The molecule has 0 saturated heterocycles. The second-order valence-corrected chi connectivity index (χ2v) is 9.33. The van der Waals surface area contributed by atoms with Gasteiger partial charge in [0.2, 0.25) is 5.91 Å². The summed E-state index contributed by atoms with van der Waals surface area (Å²) in [6.45, 7) is 5.15. The van der Waals surface area contributed by atoms with Gasteiger partial charge in [-0.2, -0.15) is 0 Å². The predicted octanol–water partition coefficient (Wildman–Crippen LogP) is 4.31. The molecule has 0 radical (unpaired) electrons. The van der Waals surface area contributed by atoms with Crippen molar-refractivity contribution in [1.82, 2.24) is 0 Å². The maximum atomic E-state index is 13.5. The van der Waals surface area contributed by atoms with Gasteiger partial charge in [-0.15, -0.1) is 0 Å². The first-order chi connectivity index (χ1) is 15.7. The average Bonchev–Trinajstić information content (AvgIpc) is 2.80. The van der Waals surface area contributed by atoms with E-state index in [9.17, 15) is 18.0 Å². The van der Waals surface area contributed by atoms with E-state index in [4.69, 9.17) is 4.74 Å². The molecule has 33 heavy (non-hydrogen) atoms. The van der Waals surface area contributed by atoms with Gasteiger partial charge < -0.3 is 10.1 Å². The van der Waals surface area contributed by atoms with Crippen molar-refractivity contribution >= 4 is 33.3 Å². The molecule has 3 aromatic rings. The number of carbonyl (C=O) groups is 2. The molecule has 8 heteroatoms. The number of hydrogen-bond donors (Lipinski definition) is 1. The normalized spacial score (nSPS) is 11.0. The van der Waals surface area contributed by atoms with E-state index in [0.29, 0.717) is 11.4 Å². The number of sulfonamides is 1. The highest BCUT2D eigenvalue weighted by Crippen LogP contribution is 2.28. The van der Waals surface area contributed by atoms with Crippen LogP contribution in [0.4, 0.5) is 11.4 Å². The van der Waals surface area contributed by atoms with Crippen LogP contribution in [0.15, 0.2) is 77.7 Å². The number of esters is 1. The number of aryl methyl sites for hydroxylation is 2. The van der Waals surface area contributed by atoms with Gasteiger partial charge in [0.15, 0.2) is 0 Å². The van der Waals surface area contributed by atoms with Crippen molar-refractivity contribution in [3.05, 3.63) is 89.5 Å². The van der Waals surface area contributed by atoms with Crippen LogP contribution in [0.2, 0.25) is 0 Å². The largest absolute Gasteiger partial charge is 0.462 e. The third-order valence-corrected chi connectivity index (χ3v) is 6.68. The number of amides is 1. The van der Waals surface area contributed by atoms with Gasteiger partial charge in [-0.3, -0.25) is 9.10 Å². The first-order valence-electron chi connectivity index (χ1n) is 10.4. The molecule has 0 aliphatic heterocycles. The molecule has 3 aromatic carbocycles. The van der Waals surface area contributed by atoms with E-state index >= 15 is 0 Å². The van der Waals surface area contributed by atoms with Crippen LogP contribution in [0.25, 0.3) is 0 Å². The molecule has 172 valence electrons. The summed E-state index contributed by atoms with van der Waals surface area (Å²) in [4.78, 5) is 25.0. The second-order valence-electron chi connectivity index (χ2n) is 7.46. The molecule has 3 rings (SSSR count). The minimum atomic E-state index is -4.01. The van der Waals surface area contributed by atoms with Gasteiger partial charge in [0.1, 0.15) is 6.54 Å². The van der Waals surface area contributed by atoms with E-state index in [1.54, 1.807) is 56.3 Å². The zero-order valence-electron chi connectivity index (χ0n) is 18.7. The SMILES string of the molecule is CCOC(=O)c1cccc(NC(=O)CN(c2cc(C)ccc2C)S(=O)(=O)c2ccccc2)c1. The summed E-state index contributed by atoms with van der Waals surface area (Å²) in [6, 6.07) is 19.7. The molecule has 0 saturated carbocycles.